The van der Waals surface area contributed by atoms with Gasteiger partial charge in [-0.05, 0) is 24.6 Å². The van der Waals surface area contributed by atoms with E-state index in [4.69, 9.17) is 4.74 Å². The van der Waals surface area contributed by atoms with Crippen molar-refractivity contribution in [2.45, 2.75) is 31.8 Å². The summed E-state index contributed by atoms with van der Waals surface area (Å²) >= 11 is 0. The van der Waals surface area contributed by atoms with Crippen LogP contribution in [0.4, 0.5) is 13.2 Å². The fraction of sp³-hybridized carbons (Fsp3) is 0.533. The van der Waals surface area contributed by atoms with Crippen LogP contribution in [0.15, 0.2) is 24.3 Å². The highest BCUT2D eigenvalue weighted by atomic mass is 19.4. The molecule has 8 heteroatoms. The number of carbonyl (C=O) groups is 1. The summed E-state index contributed by atoms with van der Waals surface area (Å²) in [5.74, 6) is -0.499. The Balaban J connectivity index is 1.90. The van der Waals surface area contributed by atoms with Crippen LogP contribution in [0.25, 0.3) is 0 Å². The molecule has 2 atom stereocenters. The molecule has 2 unspecified atom stereocenters. The van der Waals surface area contributed by atoms with Crippen molar-refractivity contribution in [3.05, 3.63) is 29.8 Å². The lowest BCUT2D eigenvalue weighted by Gasteiger charge is -2.24. The second kappa shape index (κ2) is 7.65. The minimum Gasteiger partial charge on any atom is -0.406 e. The highest BCUT2D eigenvalue weighted by Gasteiger charge is 2.31. The Bertz CT molecular complexity index is 531. The summed E-state index contributed by atoms with van der Waals surface area (Å²) in [6.07, 6.45) is -4.49. The fourth-order valence-electron chi connectivity index (χ4n) is 2.34. The second-order valence-electron chi connectivity index (χ2n) is 5.34. The van der Waals surface area contributed by atoms with Crippen molar-refractivity contribution in [1.29, 1.82) is 0 Å². The molecule has 0 aliphatic carbocycles. The summed E-state index contributed by atoms with van der Waals surface area (Å²) in [5.41, 5.74) is 0.535. The van der Waals surface area contributed by atoms with Gasteiger partial charge in [-0.1, -0.05) is 12.1 Å². The number of rotatable bonds is 5. The molecule has 2 N–H and O–H groups in total. The maximum atomic E-state index is 12.2. The molecule has 2 rings (SSSR count). The SMILES string of the molecule is CC(NC(=O)CC1COCCN1)c1cccc(OC(F)(F)F)c1. The number of alkyl halides is 3. The van der Waals surface area contributed by atoms with Crippen LogP contribution in [0.2, 0.25) is 0 Å². The molecule has 1 aromatic carbocycles. The van der Waals surface area contributed by atoms with Gasteiger partial charge in [0, 0.05) is 19.0 Å². The molecule has 23 heavy (non-hydrogen) atoms. The summed E-state index contributed by atoms with van der Waals surface area (Å²) in [6, 6.07) is 5.10. The Morgan fingerprint density at radius 1 is 1.52 bits per heavy atom. The lowest BCUT2D eigenvalue weighted by molar-refractivity contribution is -0.274. The quantitative estimate of drug-likeness (QED) is 0.867. The van der Waals surface area contributed by atoms with E-state index in [0.29, 0.717) is 25.3 Å². The lowest BCUT2D eigenvalue weighted by Crippen LogP contribution is -2.44. The van der Waals surface area contributed by atoms with Crippen molar-refractivity contribution in [2.75, 3.05) is 19.8 Å². The van der Waals surface area contributed by atoms with E-state index < -0.39 is 12.4 Å². The molecular formula is C15H19F3N2O3. The number of ether oxygens (including phenoxy) is 2. The van der Waals surface area contributed by atoms with Crippen molar-refractivity contribution in [3.8, 4) is 5.75 Å². The Hall–Kier alpha value is -1.80. The first kappa shape index (κ1) is 17.6. The van der Waals surface area contributed by atoms with E-state index in [9.17, 15) is 18.0 Å². The molecule has 1 aliphatic rings. The molecule has 1 saturated heterocycles. The molecule has 1 aromatic rings. The molecule has 5 nitrogen and oxygen atoms in total. The van der Waals surface area contributed by atoms with Crippen molar-refractivity contribution in [3.63, 3.8) is 0 Å². The Morgan fingerprint density at radius 3 is 2.96 bits per heavy atom. The minimum atomic E-state index is -4.74. The van der Waals surface area contributed by atoms with Gasteiger partial charge in [0.05, 0.1) is 19.3 Å². The molecule has 128 valence electrons. The Morgan fingerprint density at radius 2 is 2.30 bits per heavy atom. The zero-order chi connectivity index (χ0) is 16.9. The summed E-state index contributed by atoms with van der Waals surface area (Å²) < 4.78 is 45.9. The van der Waals surface area contributed by atoms with Crippen LogP contribution in [0.3, 0.4) is 0 Å². The first-order chi connectivity index (χ1) is 10.8. The molecule has 0 spiro atoms. The first-order valence-electron chi connectivity index (χ1n) is 7.30. The van der Waals surface area contributed by atoms with Gasteiger partial charge in [-0.2, -0.15) is 0 Å². The standard InChI is InChI=1S/C15H19F3N2O3/c1-10(20-14(21)8-12-9-22-6-5-19-12)11-3-2-4-13(7-11)23-15(16,17)18/h2-4,7,10,12,19H,5-6,8-9H2,1H3,(H,20,21). The predicted octanol–water partition coefficient (Wildman–Crippen LogP) is 2.14. The molecule has 1 aliphatic heterocycles. The van der Waals surface area contributed by atoms with E-state index in [-0.39, 0.29) is 24.1 Å². The van der Waals surface area contributed by atoms with Crippen molar-refractivity contribution < 1.29 is 27.4 Å². The van der Waals surface area contributed by atoms with Crippen LogP contribution in [-0.4, -0.2) is 38.1 Å². The van der Waals surface area contributed by atoms with Crippen molar-refractivity contribution >= 4 is 5.91 Å². The molecule has 0 aromatic heterocycles. The third-order valence-electron chi connectivity index (χ3n) is 3.40. The van der Waals surface area contributed by atoms with Gasteiger partial charge in [-0.15, -0.1) is 13.2 Å². The number of hydrogen-bond acceptors (Lipinski definition) is 4. The molecule has 0 radical (unpaired) electrons. The molecule has 1 fully saturated rings. The summed E-state index contributed by atoms with van der Waals surface area (Å²) in [5, 5.41) is 5.93. The largest absolute Gasteiger partial charge is 0.573 e. The number of benzene rings is 1. The van der Waals surface area contributed by atoms with Crippen molar-refractivity contribution in [2.24, 2.45) is 0 Å². The van der Waals surface area contributed by atoms with Gasteiger partial charge in [0.15, 0.2) is 0 Å². The molecule has 0 bridgehead atoms. The second-order valence-corrected chi connectivity index (χ2v) is 5.34. The van der Waals surface area contributed by atoms with Gasteiger partial charge < -0.3 is 20.1 Å². The summed E-state index contributed by atoms with van der Waals surface area (Å²) in [6.45, 7) is 3.50. The van der Waals surface area contributed by atoms with E-state index in [1.807, 2.05) is 0 Å². The lowest BCUT2D eigenvalue weighted by atomic mass is 10.1. The monoisotopic (exact) mass is 332 g/mol. The zero-order valence-electron chi connectivity index (χ0n) is 12.7. The zero-order valence-corrected chi connectivity index (χ0v) is 12.7. The molecular weight excluding hydrogens is 313 g/mol. The van der Waals surface area contributed by atoms with Crippen LogP contribution >= 0.6 is 0 Å². The Kier molecular flexibility index (Phi) is 5.84. The maximum absolute atomic E-state index is 12.2. The van der Waals surface area contributed by atoms with Crippen LogP contribution in [0.1, 0.15) is 24.9 Å². The molecule has 0 saturated carbocycles. The molecule has 1 heterocycles. The van der Waals surface area contributed by atoms with Crippen molar-refractivity contribution in [1.82, 2.24) is 10.6 Å². The van der Waals surface area contributed by atoms with Gasteiger partial charge in [-0.25, -0.2) is 0 Å². The van der Waals surface area contributed by atoms with Crippen LogP contribution in [0, 0.1) is 0 Å². The van der Waals surface area contributed by atoms with Gasteiger partial charge in [-0.3, -0.25) is 4.79 Å². The highest BCUT2D eigenvalue weighted by Crippen LogP contribution is 2.25. The van der Waals surface area contributed by atoms with Gasteiger partial charge in [0.2, 0.25) is 5.91 Å². The number of hydrogen-bond donors (Lipinski definition) is 2. The smallest absolute Gasteiger partial charge is 0.406 e. The number of carbonyl (C=O) groups excluding carboxylic acids is 1. The van der Waals surface area contributed by atoms with Gasteiger partial charge >= 0.3 is 6.36 Å². The maximum Gasteiger partial charge on any atom is 0.573 e. The average Bonchev–Trinajstić information content (AvgIpc) is 2.46. The fourth-order valence-corrected chi connectivity index (χ4v) is 2.34. The third-order valence-corrected chi connectivity index (χ3v) is 3.40. The average molecular weight is 332 g/mol. The van der Waals surface area contributed by atoms with E-state index >= 15 is 0 Å². The third kappa shape index (κ3) is 6.07. The normalized spacial score (nSPS) is 19.9. The number of morpholine rings is 1. The summed E-state index contributed by atoms with van der Waals surface area (Å²) in [7, 11) is 0. The van der Waals surface area contributed by atoms with Gasteiger partial charge in [0.25, 0.3) is 0 Å². The van der Waals surface area contributed by atoms with Gasteiger partial charge in [0.1, 0.15) is 5.75 Å². The first-order valence-corrected chi connectivity index (χ1v) is 7.30. The summed E-state index contributed by atoms with van der Waals surface area (Å²) in [4.78, 5) is 12.0. The van der Waals surface area contributed by atoms with E-state index in [1.165, 1.54) is 18.2 Å². The van der Waals surface area contributed by atoms with Crippen LogP contribution in [-0.2, 0) is 9.53 Å². The predicted molar refractivity (Wildman–Crippen MR) is 76.9 cm³/mol. The van der Waals surface area contributed by atoms with Crippen LogP contribution < -0.4 is 15.4 Å². The topological polar surface area (TPSA) is 59.6 Å². The highest BCUT2D eigenvalue weighted by molar-refractivity contribution is 5.77. The number of nitrogens with one attached hydrogen (secondary N) is 2. The van der Waals surface area contributed by atoms with E-state index in [0.717, 1.165) is 0 Å². The van der Waals surface area contributed by atoms with E-state index in [1.54, 1.807) is 13.0 Å². The van der Waals surface area contributed by atoms with Crippen LogP contribution in [0.5, 0.6) is 5.75 Å². The van der Waals surface area contributed by atoms with E-state index in [2.05, 4.69) is 15.4 Å². The number of halogens is 3. The Labute approximate surface area is 132 Å². The minimum absolute atomic E-state index is 0.0455. The number of amides is 1. The molecule has 1 amide bonds.